The van der Waals surface area contributed by atoms with Crippen molar-refractivity contribution < 1.29 is 14.2 Å². The number of carbonyl (C=O) groups excluding carboxylic acids is 1. The van der Waals surface area contributed by atoms with Crippen molar-refractivity contribution in [2.24, 2.45) is 0 Å². The minimum Gasteiger partial charge on any atom is -0.328 e. The molecule has 10 nitrogen and oxygen atoms in total. The summed E-state index contributed by atoms with van der Waals surface area (Å²) in [5.74, 6) is -0.753. The number of carbonyl (C=O) groups is 1. The van der Waals surface area contributed by atoms with Crippen LogP contribution in [0, 0.1) is 17.0 Å². The number of rotatable bonds is 4. The molecule has 0 fully saturated rings. The van der Waals surface area contributed by atoms with E-state index in [4.69, 9.17) is 4.52 Å². The number of nitro benzene ring substituents is 1. The van der Waals surface area contributed by atoms with Crippen LogP contribution in [0.5, 0.6) is 0 Å². The lowest BCUT2D eigenvalue weighted by Gasteiger charge is -2.05. The van der Waals surface area contributed by atoms with Crippen molar-refractivity contribution in [3.05, 3.63) is 58.4 Å². The van der Waals surface area contributed by atoms with Gasteiger partial charge in [0, 0.05) is 30.2 Å². The summed E-state index contributed by atoms with van der Waals surface area (Å²) in [5, 5.41) is 17.0. The molecule has 0 spiro atoms. The van der Waals surface area contributed by atoms with E-state index < -0.39 is 10.8 Å². The van der Waals surface area contributed by atoms with E-state index in [1.54, 1.807) is 6.92 Å². The maximum Gasteiger partial charge on any atom is 0.316 e. The van der Waals surface area contributed by atoms with Gasteiger partial charge in [-0.3, -0.25) is 19.9 Å². The maximum absolute atomic E-state index is 12.2. The third-order valence-electron chi connectivity index (χ3n) is 3.08. The molecular weight excluding hydrogens is 316 g/mol. The fourth-order valence-corrected chi connectivity index (χ4v) is 1.91. The average molecular weight is 326 g/mol. The zero-order valence-electron chi connectivity index (χ0n) is 12.3. The summed E-state index contributed by atoms with van der Waals surface area (Å²) in [6, 6.07) is 4.08. The third kappa shape index (κ3) is 3.06. The molecule has 2 heterocycles. The number of anilines is 1. The van der Waals surface area contributed by atoms with Gasteiger partial charge in [-0.25, -0.2) is 4.98 Å². The van der Waals surface area contributed by atoms with Crippen LogP contribution in [0.1, 0.15) is 16.2 Å². The molecule has 0 aliphatic rings. The summed E-state index contributed by atoms with van der Waals surface area (Å²) in [6.07, 6.45) is 4.40. The Bertz CT molecular complexity index is 909. The molecule has 0 saturated carbocycles. The number of amides is 1. The van der Waals surface area contributed by atoms with Crippen molar-refractivity contribution >= 4 is 17.3 Å². The van der Waals surface area contributed by atoms with E-state index in [-0.39, 0.29) is 17.4 Å². The van der Waals surface area contributed by atoms with Crippen molar-refractivity contribution in [1.29, 1.82) is 0 Å². The predicted molar refractivity (Wildman–Crippen MR) is 81.1 cm³/mol. The number of non-ortho nitro benzene ring substituents is 1. The first kappa shape index (κ1) is 15.2. The van der Waals surface area contributed by atoms with Gasteiger partial charge in [-0.15, -0.1) is 0 Å². The van der Waals surface area contributed by atoms with Crippen LogP contribution in [-0.4, -0.2) is 30.9 Å². The van der Waals surface area contributed by atoms with E-state index in [0.29, 0.717) is 16.9 Å². The quantitative estimate of drug-likeness (QED) is 0.567. The van der Waals surface area contributed by atoms with Gasteiger partial charge in [-0.05, 0) is 18.6 Å². The lowest BCUT2D eigenvalue weighted by Crippen LogP contribution is -2.13. The molecule has 1 N–H and O–H groups in total. The predicted octanol–water partition coefficient (Wildman–Crippen LogP) is 2.00. The molecule has 0 aliphatic carbocycles. The number of hydrogen-bond donors (Lipinski definition) is 1. The van der Waals surface area contributed by atoms with Gasteiger partial charge in [0.1, 0.15) is 5.69 Å². The second-order valence-electron chi connectivity index (χ2n) is 4.72. The standard InChI is InChI=1S/C14H10N6O4/c1-8-6-9(20(22)23)2-3-10(8)17-13(21)14-18-12(19-24-14)11-7-15-4-5-16-11/h2-7H,1H3,(H,17,21). The van der Waals surface area contributed by atoms with Crippen molar-refractivity contribution in [2.75, 3.05) is 5.32 Å². The van der Waals surface area contributed by atoms with Crippen molar-refractivity contribution in [3.8, 4) is 11.5 Å². The van der Waals surface area contributed by atoms with Crippen LogP contribution in [0.4, 0.5) is 11.4 Å². The molecule has 120 valence electrons. The van der Waals surface area contributed by atoms with Gasteiger partial charge in [0.15, 0.2) is 0 Å². The van der Waals surface area contributed by atoms with Crippen LogP contribution in [-0.2, 0) is 0 Å². The number of aryl methyl sites for hydroxylation is 1. The van der Waals surface area contributed by atoms with E-state index in [2.05, 4.69) is 25.4 Å². The molecule has 10 heteroatoms. The maximum atomic E-state index is 12.2. The van der Waals surface area contributed by atoms with Gasteiger partial charge in [-0.1, -0.05) is 5.16 Å². The molecule has 0 bridgehead atoms. The van der Waals surface area contributed by atoms with Crippen LogP contribution in [0.3, 0.4) is 0 Å². The summed E-state index contributed by atoms with van der Waals surface area (Å²) in [6.45, 7) is 1.64. The Hall–Kier alpha value is -3.69. The van der Waals surface area contributed by atoms with Crippen LogP contribution < -0.4 is 5.32 Å². The fourth-order valence-electron chi connectivity index (χ4n) is 1.91. The molecule has 3 rings (SSSR count). The van der Waals surface area contributed by atoms with Gasteiger partial charge < -0.3 is 9.84 Å². The van der Waals surface area contributed by atoms with E-state index in [1.807, 2.05) is 0 Å². The SMILES string of the molecule is Cc1cc([N+](=O)[O-])ccc1NC(=O)c1nc(-c2cnccn2)no1. The highest BCUT2D eigenvalue weighted by molar-refractivity contribution is 6.01. The zero-order chi connectivity index (χ0) is 17.1. The van der Waals surface area contributed by atoms with Gasteiger partial charge in [0.2, 0.25) is 5.82 Å². The molecular formula is C14H10N6O4. The fraction of sp³-hybridized carbons (Fsp3) is 0.0714. The largest absolute Gasteiger partial charge is 0.328 e. The minimum atomic E-state index is -0.630. The first-order chi connectivity index (χ1) is 11.5. The summed E-state index contributed by atoms with van der Waals surface area (Å²) < 4.78 is 4.91. The van der Waals surface area contributed by atoms with E-state index in [1.165, 1.54) is 36.8 Å². The third-order valence-corrected chi connectivity index (χ3v) is 3.08. The second kappa shape index (κ2) is 6.20. The van der Waals surface area contributed by atoms with Gasteiger partial charge in [0.25, 0.3) is 5.69 Å². The molecule has 1 amide bonds. The van der Waals surface area contributed by atoms with E-state index >= 15 is 0 Å². The lowest BCUT2D eigenvalue weighted by molar-refractivity contribution is -0.384. The van der Waals surface area contributed by atoms with Crippen LogP contribution >= 0.6 is 0 Å². The van der Waals surface area contributed by atoms with Crippen LogP contribution in [0.15, 0.2) is 41.3 Å². The number of nitrogens with zero attached hydrogens (tertiary/aromatic N) is 5. The Morgan fingerprint density at radius 2 is 2.17 bits per heavy atom. The average Bonchev–Trinajstić information content (AvgIpc) is 3.07. The Kier molecular flexibility index (Phi) is 3.93. The number of benzene rings is 1. The molecule has 0 saturated heterocycles. The molecule has 0 aliphatic heterocycles. The molecule has 3 aromatic rings. The number of nitro groups is 1. The number of hydrogen-bond acceptors (Lipinski definition) is 8. The minimum absolute atomic E-state index is 0.0618. The summed E-state index contributed by atoms with van der Waals surface area (Å²) in [5.41, 5.74) is 1.25. The highest BCUT2D eigenvalue weighted by Crippen LogP contribution is 2.22. The Morgan fingerprint density at radius 1 is 1.33 bits per heavy atom. The first-order valence-electron chi connectivity index (χ1n) is 6.71. The van der Waals surface area contributed by atoms with Gasteiger partial charge in [0.05, 0.1) is 11.1 Å². The molecule has 0 atom stereocenters. The van der Waals surface area contributed by atoms with Crippen molar-refractivity contribution in [2.45, 2.75) is 6.92 Å². The van der Waals surface area contributed by atoms with Gasteiger partial charge in [-0.2, -0.15) is 4.98 Å². The van der Waals surface area contributed by atoms with E-state index in [0.717, 1.165) is 0 Å². The summed E-state index contributed by atoms with van der Waals surface area (Å²) >= 11 is 0. The summed E-state index contributed by atoms with van der Waals surface area (Å²) in [7, 11) is 0. The molecule has 1 aromatic carbocycles. The van der Waals surface area contributed by atoms with E-state index in [9.17, 15) is 14.9 Å². The van der Waals surface area contributed by atoms with Crippen LogP contribution in [0.25, 0.3) is 11.5 Å². The molecule has 2 aromatic heterocycles. The van der Waals surface area contributed by atoms with Crippen molar-refractivity contribution in [3.63, 3.8) is 0 Å². The molecule has 0 radical (unpaired) electrons. The second-order valence-corrected chi connectivity index (χ2v) is 4.72. The van der Waals surface area contributed by atoms with Gasteiger partial charge >= 0.3 is 11.8 Å². The smallest absolute Gasteiger partial charge is 0.316 e. The lowest BCUT2D eigenvalue weighted by atomic mass is 10.2. The monoisotopic (exact) mass is 326 g/mol. The molecule has 0 unspecified atom stereocenters. The first-order valence-corrected chi connectivity index (χ1v) is 6.71. The Balaban J connectivity index is 1.79. The zero-order valence-corrected chi connectivity index (χ0v) is 12.3. The van der Waals surface area contributed by atoms with Crippen molar-refractivity contribution in [1.82, 2.24) is 20.1 Å². The number of aromatic nitrogens is 4. The Morgan fingerprint density at radius 3 is 2.83 bits per heavy atom. The normalized spacial score (nSPS) is 10.4. The number of nitrogens with one attached hydrogen (secondary N) is 1. The highest BCUT2D eigenvalue weighted by atomic mass is 16.6. The topological polar surface area (TPSA) is 137 Å². The highest BCUT2D eigenvalue weighted by Gasteiger charge is 2.18. The molecule has 24 heavy (non-hydrogen) atoms. The Labute approximate surface area is 134 Å². The van der Waals surface area contributed by atoms with Crippen LogP contribution in [0.2, 0.25) is 0 Å². The summed E-state index contributed by atoms with van der Waals surface area (Å²) in [4.78, 5) is 34.2.